The molecule has 0 amide bonds. The van der Waals surface area contributed by atoms with Gasteiger partial charge in [0.05, 0.1) is 42.3 Å². The van der Waals surface area contributed by atoms with Crippen LogP contribution in [-0.4, -0.2) is 44.4 Å². The lowest BCUT2D eigenvalue weighted by molar-refractivity contribution is 0.192. The molecule has 1 aliphatic carbocycles. The zero-order chi connectivity index (χ0) is 21.9. The highest BCUT2D eigenvalue weighted by Gasteiger charge is 2.37. The molecule has 8 nitrogen and oxygen atoms in total. The van der Waals surface area contributed by atoms with Crippen LogP contribution in [0.1, 0.15) is 43.7 Å². The van der Waals surface area contributed by atoms with E-state index >= 15 is 0 Å². The number of hydrogen-bond acceptors (Lipinski definition) is 7. The largest absolute Gasteiger partial charge is 0.486 e. The molecule has 0 unspecified atom stereocenters. The molecule has 1 spiro atoms. The second kappa shape index (κ2) is 7.08. The fraction of sp³-hybridized carbons (Fsp3) is 0.435. The topological polar surface area (TPSA) is 76.8 Å². The van der Waals surface area contributed by atoms with Crippen molar-refractivity contribution in [2.24, 2.45) is 0 Å². The van der Waals surface area contributed by atoms with Gasteiger partial charge < -0.3 is 19.7 Å². The molecule has 1 saturated carbocycles. The molecule has 6 rings (SSSR count). The molecular weight excluding hydrogens is 411 g/mol. The Morgan fingerprint density at radius 2 is 2.09 bits per heavy atom. The van der Waals surface area contributed by atoms with Crippen molar-refractivity contribution < 1.29 is 13.9 Å². The van der Waals surface area contributed by atoms with Crippen LogP contribution in [0, 0.1) is 5.82 Å². The molecule has 0 saturated heterocycles. The summed E-state index contributed by atoms with van der Waals surface area (Å²) in [6.45, 7) is 7.70. The first-order chi connectivity index (χ1) is 15.5. The summed E-state index contributed by atoms with van der Waals surface area (Å²) in [5.74, 6) is 1.39. The lowest BCUT2D eigenvalue weighted by Gasteiger charge is -2.35. The third-order valence-electron chi connectivity index (χ3n) is 6.74. The Bertz CT molecular complexity index is 1220. The summed E-state index contributed by atoms with van der Waals surface area (Å²) in [6, 6.07) is 1.54. The van der Waals surface area contributed by atoms with Crippen LogP contribution < -0.4 is 19.7 Å². The molecule has 3 aromatic rings. The fourth-order valence-corrected chi connectivity index (χ4v) is 4.99. The number of nitrogens with one attached hydrogen (secondary N) is 1. The average molecular weight is 436 g/mol. The maximum Gasteiger partial charge on any atom is 0.218 e. The van der Waals surface area contributed by atoms with Crippen molar-refractivity contribution in [2.45, 2.75) is 50.7 Å². The van der Waals surface area contributed by atoms with E-state index < -0.39 is 0 Å². The van der Waals surface area contributed by atoms with Gasteiger partial charge in [-0.2, -0.15) is 5.10 Å². The number of anilines is 1. The maximum absolute atomic E-state index is 14.2. The van der Waals surface area contributed by atoms with Crippen LogP contribution in [0.5, 0.6) is 11.6 Å². The van der Waals surface area contributed by atoms with E-state index in [1.165, 1.54) is 12.3 Å². The number of nitrogens with zero attached hydrogens (tertiary/aromatic N) is 5. The van der Waals surface area contributed by atoms with E-state index in [1.807, 2.05) is 6.20 Å². The first-order valence-corrected chi connectivity index (χ1v) is 11.0. The van der Waals surface area contributed by atoms with E-state index in [4.69, 9.17) is 14.5 Å². The number of aromatic nitrogens is 4. The normalized spacial score (nSPS) is 21.9. The van der Waals surface area contributed by atoms with Gasteiger partial charge in [0.15, 0.2) is 17.2 Å². The quantitative estimate of drug-likeness (QED) is 0.579. The average Bonchev–Trinajstić information content (AvgIpc) is 3.40. The predicted molar refractivity (Wildman–Crippen MR) is 117 cm³/mol. The van der Waals surface area contributed by atoms with E-state index in [2.05, 4.69) is 33.8 Å². The van der Waals surface area contributed by atoms with Crippen LogP contribution >= 0.6 is 0 Å². The highest BCUT2D eigenvalue weighted by atomic mass is 19.1. The molecule has 0 radical (unpaired) electrons. The molecule has 32 heavy (non-hydrogen) atoms. The van der Waals surface area contributed by atoms with Crippen molar-refractivity contribution in [1.82, 2.24) is 24.9 Å². The van der Waals surface area contributed by atoms with Gasteiger partial charge in [0.25, 0.3) is 0 Å². The summed E-state index contributed by atoms with van der Waals surface area (Å²) in [5, 5.41) is 8.12. The number of ether oxygens (including phenoxy) is 2. The molecule has 3 aliphatic rings. The van der Waals surface area contributed by atoms with Gasteiger partial charge >= 0.3 is 0 Å². The Balaban J connectivity index is 1.54. The molecule has 3 aromatic heterocycles. The minimum Gasteiger partial charge on any atom is -0.486 e. The second-order valence-electron chi connectivity index (χ2n) is 9.04. The standard InChI is InChI=1S/C23H25FN6O2/c1-14-12-31-19-11-30-20-18(9-26-30)15(2)28-23(5-3-4-6-23)13-32-22-16(7-17(24)8-25-22)10-29(14)21(19)27-20/h7-9,11,14,28H,2-6,10,12-13H2,1H3/t14-/m1/s1. The van der Waals surface area contributed by atoms with Crippen molar-refractivity contribution in [1.29, 1.82) is 0 Å². The van der Waals surface area contributed by atoms with Crippen molar-refractivity contribution in [3.8, 4) is 11.6 Å². The first-order valence-electron chi connectivity index (χ1n) is 11.0. The maximum atomic E-state index is 14.2. The Morgan fingerprint density at radius 1 is 1.25 bits per heavy atom. The number of rotatable bonds is 0. The smallest absolute Gasteiger partial charge is 0.218 e. The van der Waals surface area contributed by atoms with E-state index in [0.29, 0.717) is 48.4 Å². The van der Waals surface area contributed by atoms with Gasteiger partial charge in [0.2, 0.25) is 5.88 Å². The number of halogens is 1. The highest BCUT2D eigenvalue weighted by Crippen LogP contribution is 2.38. The van der Waals surface area contributed by atoms with Gasteiger partial charge in [-0.15, -0.1) is 0 Å². The summed E-state index contributed by atoms with van der Waals surface area (Å²) in [7, 11) is 0. The van der Waals surface area contributed by atoms with Crippen LogP contribution in [0.15, 0.2) is 31.2 Å². The van der Waals surface area contributed by atoms with Crippen LogP contribution in [0.25, 0.3) is 11.3 Å². The third-order valence-corrected chi connectivity index (χ3v) is 6.74. The van der Waals surface area contributed by atoms with Gasteiger partial charge in [0, 0.05) is 11.3 Å². The van der Waals surface area contributed by atoms with Crippen LogP contribution in [0.3, 0.4) is 0 Å². The summed E-state index contributed by atoms with van der Waals surface area (Å²) in [5.41, 5.74) is 2.74. The highest BCUT2D eigenvalue weighted by molar-refractivity contribution is 5.75. The van der Waals surface area contributed by atoms with Gasteiger partial charge in [-0.05, 0) is 25.8 Å². The molecule has 2 bridgehead atoms. The lowest BCUT2D eigenvalue weighted by Crippen LogP contribution is -2.46. The zero-order valence-corrected chi connectivity index (χ0v) is 18.0. The summed E-state index contributed by atoms with van der Waals surface area (Å²) in [4.78, 5) is 11.3. The SMILES string of the molecule is C=C1NC2(CCCC2)COc2ncc(F)cc2CN2c3nc4c1cnn4cc3OC[C@H]2C. The Labute approximate surface area is 185 Å². The molecule has 1 atom stereocenters. The van der Waals surface area contributed by atoms with E-state index in [1.54, 1.807) is 10.7 Å². The van der Waals surface area contributed by atoms with Crippen LogP contribution in [-0.2, 0) is 6.54 Å². The molecular formula is C23H25FN6O2. The molecule has 5 heterocycles. The van der Waals surface area contributed by atoms with Crippen molar-refractivity contribution in [3.05, 3.63) is 48.2 Å². The fourth-order valence-electron chi connectivity index (χ4n) is 4.99. The number of pyridine rings is 1. The van der Waals surface area contributed by atoms with Crippen LogP contribution in [0.4, 0.5) is 10.2 Å². The van der Waals surface area contributed by atoms with Crippen molar-refractivity contribution in [3.63, 3.8) is 0 Å². The molecule has 2 aliphatic heterocycles. The Hall–Kier alpha value is -3.36. The molecule has 1 fully saturated rings. The second-order valence-corrected chi connectivity index (χ2v) is 9.04. The van der Waals surface area contributed by atoms with Gasteiger partial charge in [-0.25, -0.2) is 18.9 Å². The Morgan fingerprint density at radius 3 is 2.94 bits per heavy atom. The molecule has 166 valence electrons. The van der Waals surface area contributed by atoms with Crippen LogP contribution in [0.2, 0.25) is 0 Å². The Kier molecular flexibility index (Phi) is 4.28. The molecule has 1 N–H and O–H groups in total. The van der Waals surface area contributed by atoms with Crippen molar-refractivity contribution in [2.75, 3.05) is 18.1 Å². The number of fused-ring (bicyclic) bond motifs is 1. The molecule has 9 heteroatoms. The summed E-state index contributed by atoms with van der Waals surface area (Å²) < 4.78 is 28.1. The third kappa shape index (κ3) is 3.06. The van der Waals surface area contributed by atoms with E-state index in [-0.39, 0.29) is 17.4 Å². The summed E-state index contributed by atoms with van der Waals surface area (Å²) >= 11 is 0. The lowest BCUT2D eigenvalue weighted by atomic mass is 9.97. The predicted octanol–water partition coefficient (Wildman–Crippen LogP) is 3.32. The minimum atomic E-state index is -0.388. The van der Waals surface area contributed by atoms with E-state index in [9.17, 15) is 4.39 Å². The monoisotopic (exact) mass is 436 g/mol. The zero-order valence-electron chi connectivity index (χ0n) is 18.0. The summed E-state index contributed by atoms with van der Waals surface area (Å²) in [6.07, 6.45) is 8.97. The van der Waals surface area contributed by atoms with E-state index in [0.717, 1.165) is 36.9 Å². The van der Waals surface area contributed by atoms with Crippen molar-refractivity contribution >= 4 is 17.2 Å². The van der Waals surface area contributed by atoms with Gasteiger partial charge in [-0.1, -0.05) is 19.4 Å². The minimum absolute atomic E-state index is 0.0348. The van der Waals surface area contributed by atoms with Gasteiger partial charge in [-0.3, -0.25) is 0 Å². The number of hydrogen-bond donors (Lipinski definition) is 1. The first kappa shape index (κ1) is 19.3. The van der Waals surface area contributed by atoms with Gasteiger partial charge in [0.1, 0.15) is 19.0 Å². The molecule has 0 aromatic carbocycles.